The minimum absolute atomic E-state index is 0.157. The number of thiophene rings is 1. The highest BCUT2D eigenvalue weighted by molar-refractivity contribution is 7.08. The first-order chi connectivity index (χ1) is 11.9. The van der Waals surface area contributed by atoms with Crippen molar-refractivity contribution in [2.24, 2.45) is 5.92 Å². The van der Waals surface area contributed by atoms with E-state index < -0.39 is 24.0 Å². The van der Waals surface area contributed by atoms with Gasteiger partial charge in [0.05, 0.1) is 0 Å². The van der Waals surface area contributed by atoms with Crippen LogP contribution < -0.4 is 5.32 Å². The Morgan fingerprint density at radius 3 is 2.36 bits per heavy atom. The molecule has 1 aromatic carbocycles. The third kappa shape index (κ3) is 5.69. The van der Waals surface area contributed by atoms with Crippen LogP contribution in [0.1, 0.15) is 25.8 Å². The Morgan fingerprint density at radius 1 is 1.08 bits per heavy atom. The van der Waals surface area contributed by atoms with Crippen molar-refractivity contribution >= 4 is 23.3 Å². The van der Waals surface area contributed by atoms with E-state index in [0.717, 1.165) is 16.7 Å². The monoisotopic (exact) mass is 361 g/mol. The molecule has 134 valence electrons. The number of hydrogen-bond donors (Lipinski definition) is 3. The summed E-state index contributed by atoms with van der Waals surface area (Å²) in [6, 6.07) is 7.89. The van der Waals surface area contributed by atoms with Crippen LogP contribution >= 0.6 is 11.3 Å². The van der Waals surface area contributed by atoms with E-state index in [2.05, 4.69) is 5.32 Å². The fraction of sp³-hybridized carbons (Fsp3) is 0.368. The number of nitrogens with one attached hydrogen (secondary N) is 1. The molecule has 3 N–H and O–H groups in total. The molecule has 5 nitrogen and oxygen atoms in total. The summed E-state index contributed by atoms with van der Waals surface area (Å²) >= 11 is 1.60. The molecule has 6 heteroatoms. The number of rotatable bonds is 9. The predicted molar refractivity (Wildman–Crippen MR) is 98.9 cm³/mol. The minimum atomic E-state index is -1.05. The van der Waals surface area contributed by atoms with Crippen LogP contribution in [-0.2, 0) is 16.0 Å². The van der Waals surface area contributed by atoms with Gasteiger partial charge in [-0.25, -0.2) is 0 Å². The van der Waals surface area contributed by atoms with Crippen molar-refractivity contribution in [1.82, 2.24) is 5.32 Å². The van der Waals surface area contributed by atoms with E-state index >= 15 is 0 Å². The minimum Gasteiger partial charge on any atom is -0.480 e. The SMILES string of the molecule is CC(C)CC(NC(Cc1cccc(-c2ccsc2)c1)C(=O)O)C(=O)O. The van der Waals surface area contributed by atoms with Gasteiger partial charge in [0.25, 0.3) is 0 Å². The normalized spacial score (nSPS) is 13.6. The number of hydrogen-bond acceptors (Lipinski definition) is 4. The Morgan fingerprint density at radius 2 is 1.80 bits per heavy atom. The fourth-order valence-corrected chi connectivity index (χ4v) is 3.38. The van der Waals surface area contributed by atoms with Gasteiger partial charge in [-0.1, -0.05) is 38.1 Å². The van der Waals surface area contributed by atoms with Gasteiger partial charge in [-0.15, -0.1) is 0 Å². The molecule has 0 saturated heterocycles. The number of benzene rings is 1. The highest BCUT2D eigenvalue weighted by Gasteiger charge is 2.26. The van der Waals surface area contributed by atoms with Crippen LogP contribution in [0.15, 0.2) is 41.1 Å². The third-order valence-corrected chi connectivity index (χ3v) is 4.61. The lowest BCUT2D eigenvalue weighted by Crippen LogP contribution is -2.48. The Hall–Kier alpha value is -2.18. The van der Waals surface area contributed by atoms with Gasteiger partial charge in [0.1, 0.15) is 12.1 Å². The summed E-state index contributed by atoms with van der Waals surface area (Å²) in [7, 11) is 0. The van der Waals surface area contributed by atoms with Crippen LogP contribution in [0.25, 0.3) is 11.1 Å². The van der Waals surface area contributed by atoms with Crippen LogP contribution in [0.4, 0.5) is 0 Å². The summed E-state index contributed by atoms with van der Waals surface area (Å²) in [4.78, 5) is 23.0. The summed E-state index contributed by atoms with van der Waals surface area (Å²) in [6.45, 7) is 3.83. The zero-order valence-electron chi connectivity index (χ0n) is 14.3. The molecule has 2 atom stereocenters. The predicted octanol–water partition coefficient (Wildman–Crippen LogP) is 3.50. The van der Waals surface area contributed by atoms with Crippen LogP contribution in [0.5, 0.6) is 0 Å². The maximum absolute atomic E-state index is 11.6. The van der Waals surface area contributed by atoms with Gasteiger partial charge >= 0.3 is 11.9 Å². The van der Waals surface area contributed by atoms with Crippen LogP contribution in [0.2, 0.25) is 0 Å². The maximum Gasteiger partial charge on any atom is 0.321 e. The molecule has 2 aromatic rings. The standard InChI is InChI=1S/C19H23NO4S/c1-12(2)8-16(18(21)22)20-17(19(23)24)10-13-4-3-5-14(9-13)15-6-7-25-11-15/h3-7,9,11-12,16-17,20H,8,10H2,1-2H3,(H,21,22)(H,23,24). The fourth-order valence-electron chi connectivity index (χ4n) is 2.71. The molecule has 0 aliphatic rings. The number of carbonyl (C=O) groups is 2. The molecule has 0 fully saturated rings. The second-order valence-electron chi connectivity index (χ2n) is 6.49. The summed E-state index contributed by atoms with van der Waals surface area (Å²) < 4.78 is 0. The quantitative estimate of drug-likeness (QED) is 0.636. The second kappa shape index (κ2) is 8.78. The van der Waals surface area contributed by atoms with Crippen molar-refractivity contribution in [3.63, 3.8) is 0 Å². The molecule has 0 aliphatic heterocycles. The van der Waals surface area contributed by atoms with Gasteiger partial charge < -0.3 is 10.2 Å². The third-order valence-electron chi connectivity index (χ3n) is 3.93. The molecule has 2 rings (SSSR count). The largest absolute Gasteiger partial charge is 0.480 e. The molecular weight excluding hydrogens is 338 g/mol. The summed E-state index contributed by atoms with van der Waals surface area (Å²) in [5.41, 5.74) is 2.98. The maximum atomic E-state index is 11.6. The van der Waals surface area contributed by atoms with Gasteiger partial charge in [-0.2, -0.15) is 11.3 Å². The smallest absolute Gasteiger partial charge is 0.321 e. The first-order valence-electron chi connectivity index (χ1n) is 8.20. The number of carboxylic acid groups (broad SMARTS) is 2. The first kappa shape index (κ1) is 19.1. The van der Waals surface area contributed by atoms with Crippen molar-refractivity contribution in [2.75, 3.05) is 0 Å². The molecule has 1 aromatic heterocycles. The van der Waals surface area contributed by atoms with Gasteiger partial charge in [0, 0.05) is 0 Å². The highest BCUT2D eigenvalue weighted by Crippen LogP contribution is 2.23. The zero-order valence-corrected chi connectivity index (χ0v) is 15.1. The average molecular weight is 361 g/mol. The van der Waals surface area contributed by atoms with Crippen molar-refractivity contribution in [1.29, 1.82) is 0 Å². The molecule has 0 spiro atoms. The Balaban J connectivity index is 2.15. The van der Waals surface area contributed by atoms with Crippen molar-refractivity contribution in [2.45, 2.75) is 38.8 Å². The van der Waals surface area contributed by atoms with E-state index in [0.29, 0.717) is 6.42 Å². The average Bonchev–Trinajstić information content (AvgIpc) is 3.07. The topological polar surface area (TPSA) is 86.6 Å². The van der Waals surface area contributed by atoms with E-state index in [1.807, 2.05) is 54.9 Å². The number of carboxylic acids is 2. The molecule has 0 aliphatic carbocycles. The molecule has 0 amide bonds. The summed E-state index contributed by atoms with van der Waals surface area (Å²) in [5, 5.41) is 25.7. The van der Waals surface area contributed by atoms with E-state index in [1.54, 1.807) is 11.3 Å². The van der Waals surface area contributed by atoms with Crippen molar-refractivity contribution in [3.05, 3.63) is 46.7 Å². The summed E-state index contributed by atoms with van der Waals surface area (Å²) in [5.74, 6) is -1.91. The van der Waals surface area contributed by atoms with Crippen molar-refractivity contribution in [3.8, 4) is 11.1 Å². The van der Waals surface area contributed by atoms with Gasteiger partial charge in [-0.05, 0) is 52.3 Å². The lowest BCUT2D eigenvalue weighted by Gasteiger charge is -2.22. The van der Waals surface area contributed by atoms with Gasteiger partial charge in [-0.3, -0.25) is 14.9 Å². The summed E-state index contributed by atoms with van der Waals surface area (Å²) in [6.07, 6.45) is 0.614. The van der Waals surface area contributed by atoms with Crippen LogP contribution in [-0.4, -0.2) is 34.2 Å². The first-order valence-corrected chi connectivity index (χ1v) is 9.14. The molecule has 0 bridgehead atoms. The molecule has 0 saturated carbocycles. The zero-order chi connectivity index (χ0) is 18.4. The van der Waals surface area contributed by atoms with E-state index in [9.17, 15) is 19.8 Å². The van der Waals surface area contributed by atoms with Crippen LogP contribution in [0.3, 0.4) is 0 Å². The van der Waals surface area contributed by atoms with E-state index in [-0.39, 0.29) is 12.3 Å². The van der Waals surface area contributed by atoms with Gasteiger partial charge in [0.2, 0.25) is 0 Å². The van der Waals surface area contributed by atoms with E-state index in [1.165, 1.54) is 0 Å². The van der Waals surface area contributed by atoms with E-state index in [4.69, 9.17) is 0 Å². The molecular formula is C19H23NO4S. The molecule has 0 radical (unpaired) electrons. The Bertz CT molecular complexity index is 712. The Kier molecular flexibility index (Phi) is 6.73. The number of aliphatic carboxylic acids is 2. The van der Waals surface area contributed by atoms with Crippen molar-refractivity contribution < 1.29 is 19.8 Å². The Labute approximate surface area is 151 Å². The lowest BCUT2D eigenvalue weighted by atomic mass is 9.98. The molecule has 2 unspecified atom stereocenters. The lowest BCUT2D eigenvalue weighted by molar-refractivity contribution is -0.142. The molecule has 1 heterocycles. The van der Waals surface area contributed by atoms with Crippen LogP contribution in [0, 0.1) is 5.92 Å². The highest BCUT2D eigenvalue weighted by atomic mass is 32.1. The second-order valence-corrected chi connectivity index (χ2v) is 7.27. The van der Waals surface area contributed by atoms with Gasteiger partial charge in [0.15, 0.2) is 0 Å². The molecule has 25 heavy (non-hydrogen) atoms.